The van der Waals surface area contributed by atoms with E-state index in [-0.39, 0.29) is 18.4 Å². The minimum absolute atomic E-state index is 0.0250. The molecule has 0 aromatic heterocycles. The van der Waals surface area contributed by atoms with Gasteiger partial charge in [0.15, 0.2) is 0 Å². The second-order valence-electron chi connectivity index (χ2n) is 2.96. The number of hydrogen-bond acceptors (Lipinski definition) is 4. The average Bonchev–Trinajstić information content (AvgIpc) is 2.43. The lowest BCUT2D eigenvalue weighted by Gasteiger charge is -2.20. The molecule has 1 heterocycles. The Balaban J connectivity index is 2.60. The first-order valence-corrected chi connectivity index (χ1v) is 4.17. The van der Waals surface area contributed by atoms with E-state index in [0.29, 0.717) is 0 Å². The van der Waals surface area contributed by atoms with Gasteiger partial charge >= 0.3 is 5.97 Å². The van der Waals surface area contributed by atoms with E-state index in [1.54, 1.807) is 6.08 Å². The monoisotopic (exact) mass is 197 g/mol. The predicted molar refractivity (Wildman–Crippen MR) is 47.1 cm³/mol. The largest absolute Gasteiger partial charge is 0.463 e. The van der Waals surface area contributed by atoms with Crippen LogP contribution in [-0.4, -0.2) is 35.3 Å². The Morgan fingerprint density at radius 2 is 2.14 bits per heavy atom. The minimum atomic E-state index is -0.455. The second-order valence-corrected chi connectivity index (χ2v) is 2.96. The predicted octanol–water partition coefficient (Wildman–Crippen LogP) is -0.137. The van der Waals surface area contributed by atoms with Crippen LogP contribution in [0.5, 0.6) is 0 Å². The van der Waals surface area contributed by atoms with Crippen molar-refractivity contribution in [1.82, 2.24) is 4.90 Å². The van der Waals surface area contributed by atoms with Crippen molar-refractivity contribution < 1.29 is 19.1 Å². The molecule has 0 saturated carbocycles. The topological polar surface area (TPSA) is 63.7 Å². The number of amides is 2. The molecular formula is C9H11NO4. The average molecular weight is 197 g/mol. The summed E-state index contributed by atoms with van der Waals surface area (Å²) in [5, 5.41) is 0. The molecule has 0 N–H and O–H groups in total. The Morgan fingerprint density at radius 1 is 1.50 bits per heavy atom. The van der Waals surface area contributed by atoms with E-state index < -0.39 is 12.0 Å². The van der Waals surface area contributed by atoms with E-state index in [2.05, 4.69) is 0 Å². The fourth-order valence-corrected chi connectivity index (χ4v) is 1.24. The van der Waals surface area contributed by atoms with E-state index in [0.717, 1.165) is 4.90 Å². The maximum atomic E-state index is 11.1. The second kappa shape index (κ2) is 4.04. The molecule has 1 atom stereocenters. The quantitative estimate of drug-likeness (QED) is 0.578. The van der Waals surface area contributed by atoms with Crippen molar-refractivity contribution in [3.63, 3.8) is 0 Å². The van der Waals surface area contributed by atoms with Gasteiger partial charge in [0.05, 0.1) is 6.04 Å². The molecule has 0 radical (unpaired) electrons. The van der Waals surface area contributed by atoms with Crippen molar-refractivity contribution in [3.05, 3.63) is 12.2 Å². The summed E-state index contributed by atoms with van der Waals surface area (Å²) in [6.45, 7) is 2.60. The molecule has 2 amide bonds. The molecule has 0 spiro atoms. The zero-order valence-electron chi connectivity index (χ0n) is 8.02. The Labute approximate surface area is 81.3 Å². The number of ether oxygens (including phenoxy) is 1. The molecule has 0 aromatic carbocycles. The first kappa shape index (κ1) is 10.4. The zero-order chi connectivity index (χ0) is 10.7. The lowest BCUT2D eigenvalue weighted by Crippen LogP contribution is -2.40. The van der Waals surface area contributed by atoms with Crippen molar-refractivity contribution >= 4 is 17.8 Å². The molecule has 14 heavy (non-hydrogen) atoms. The summed E-state index contributed by atoms with van der Waals surface area (Å²) in [5.74, 6) is -1.15. The SMILES string of the molecule is CC(=O)OC[C@@H]1C=CC(=O)N1C(C)=O. The Bertz CT molecular complexity index is 308. The van der Waals surface area contributed by atoms with Crippen LogP contribution in [0.15, 0.2) is 12.2 Å². The Hall–Kier alpha value is -1.65. The smallest absolute Gasteiger partial charge is 0.302 e. The third-order valence-corrected chi connectivity index (χ3v) is 1.83. The molecule has 0 fully saturated rings. The summed E-state index contributed by atoms with van der Waals surface area (Å²) in [6.07, 6.45) is 2.85. The van der Waals surface area contributed by atoms with E-state index >= 15 is 0 Å². The van der Waals surface area contributed by atoms with E-state index in [1.165, 1.54) is 19.9 Å². The number of carbonyl (C=O) groups excluding carboxylic acids is 3. The maximum absolute atomic E-state index is 11.1. The molecule has 0 bridgehead atoms. The van der Waals surface area contributed by atoms with Gasteiger partial charge in [-0.3, -0.25) is 19.3 Å². The van der Waals surface area contributed by atoms with Gasteiger partial charge in [-0.1, -0.05) is 6.08 Å². The van der Waals surface area contributed by atoms with Gasteiger partial charge in [-0.2, -0.15) is 0 Å². The van der Waals surface area contributed by atoms with Crippen LogP contribution >= 0.6 is 0 Å². The number of nitrogens with zero attached hydrogens (tertiary/aromatic N) is 1. The van der Waals surface area contributed by atoms with Crippen LogP contribution in [0.25, 0.3) is 0 Å². The van der Waals surface area contributed by atoms with Crippen molar-refractivity contribution in [2.75, 3.05) is 6.61 Å². The molecule has 0 unspecified atom stereocenters. The molecule has 0 aromatic rings. The van der Waals surface area contributed by atoms with E-state index in [4.69, 9.17) is 4.74 Å². The lowest BCUT2D eigenvalue weighted by molar-refractivity contribution is -0.148. The van der Waals surface area contributed by atoms with Crippen LogP contribution in [0.4, 0.5) is 0 Å². The van der Waals surface area contributed by atoms with Gasteiger partial charge in [-0.05, 0) is 0 Å². The summed E-state index contributed by atoms with van der Waals surface area (Å²) in [7, 11) is 0. The fourth-order valence-electron chi connectivity index (χ4n) is 1.24. The molecule has 1 rings (SSSR count). The van der Waals surface area contributed by atoms with Crippen molar-refractivity contribution in [2.45, 2.75) is 19.9 Å². The zero-order valence-corrected chi connectivity index (χ0v) is 8.02. The van der Waals surface area contributed by atoms with Crippen molar-refractivity contribution in [2.24, 2.45) is 0 Å². The Morgan fingerprint density at radius 3 is 2.64 bits per heavy atom. The van der Waals surface area contributed by atoms with Crippen LogP contribution in [0.3, 0.4) is 0 Å². The van der Waals surface area contributed by atoms with Gasteiger partial charge < -0.3 is 4.74 Å². The number of esters is 1. The summed E-state index contributed by atoms with van der Waals surface area (Å²) in [6, 6.07) is -0.455. The third-order valence-electron chi connectivity index (χ3n) is 1.83. The van der Waals surface area contributed by atoms with Crippen molar-refractivity contribution in [3.8, 4) is 0 Å². The van der Waals surface area contributed by atoms with Crippen LogP contribution in [0, 0.1) is 0 Å². The molecular weight excluding hydrogens is 186 g/mol. The van der Waals surface area contributed by atoms with Gasteiger partial charge in [0.1, 0.15) is 6.61 Å². The Kier molecular flexibility index (Phi) is 3.01. The van der Waals surface area contributed by atoms with Gasteiger partial charge in [0, 0.05) is 19.9 Å². The third kappa shape index (κ3) is 2.18. The molecule has 0 aliphatic carbocycles. The van der Waals surface area contributed by atoms with Gasteiger partial charge in [-0.15, -0.1) is 0 Å². The molecule has 5 nitrogen and oxygen atoms in total. The first-order chi connectivity index (χ1) is 6.52. The van der Waals surface area contributed by atoms with Crippen LogP contribution < -0.4 is 0 Å². The van der Waals surface area contributed by atoms with Gasteiger partial charge in [0.2, 0.25) is 5.91 Å². The summed E-state index contributed by atoms with van der Waals surface area (Å²) in [5.41, 5.74) is 0. The lowest BCUT2D eigenvalue weighted by atomic mass is 10.3. The number of carbonyl (C=O) groups is 3. The highest BCUT2D eigenvalue weighted by Crippen LogP contribution is 2.11. The van der Waals surface area contributed by atoms with E-state index in [9.17, 15) is 14.4 Å². The number of hydrogen-bond donors (Lipinski definition) is 0. The highest BCUT2D eigenvalue weighted by atomic mass is 16.5. The summed E-state index contributed by atoms with van der Waals surface area (Å²) < 4.78 is 4.72. The van der Waals surface area contributed by atoms with Gasteiger partial charge in [-0.25, -0.2) is 0 Å². The number of rotatable bonds is 2. The fraction of sp³-hybridized carbons (Fsp3) is 0.444. The standard InChI is InChI=1S/C9H11NO4/c1-6(11)10-8(3-4-9(10)13)5-14-7(2)12/h3-4,8H,5H2,1-2H3/t8-/m0/s1. The number of imide groups is 1. The van der Waals surface area contributed by atoms with Gasteiger partial charge in [0.25, 0.3) is 5.91 Å². The molecule has 0 saturated heterocycles. The summed E-state index contributed by atoms with van der Waals surface area (Å²) in [4.78, 5) is 33.8. The first-order valence-electron chi connectivity index (χ1n) is 4.17. The molecule has 5 heteroatoms. The van der Waals surface area contributed by atoms with Crippen molar-refractivity contribution in [1.29, 1.82) is 0 Å². The summed E-state index contributed by atoms with van der Waals surface area (Å²) >= 11 is 0. The normalized spacial score (nSPS) is 20.0. The van der Waals surface area contributed by atoms with Crippen LogP contribution in [0.1, 0.15) is 13.8 Å². The minimum Gasteiger partial charge on any atom is -0.463 e. The molecule has 1 aliphatic rings. The highest BCUT2D eigenvalue weighted by molar-refractivity contribution is 6.02. The molecule has 1 aliphatic heterocycles. The highest BCUT2D eigenvalue weighted by Gasteiger charge is 2.29. The van der Waals surface area contributed by atoms with Crippen LogP contribution in [-0.2, 0) is 19.1 Å². The maximum Gasteiger partial charge on any atom is 0.302 e. The van der Waals surface area contributed by atoms with E-state index in [1.807, 2.05) is 0 Å². The van der Waals surface area contributed by atoms with Crippen LogP contribution in [0.2, 0.25) is 0 Å². The molecule has 76 valence electrons.